The van der Waals surface area contributed by atoms with Crippen LogP contribution in [0, 0.1) is 13.8 Å². The number of hydrogen-bond donors (Lipinski definition) is 1. The van der Waals surface area contributed by atoms with Crippen molar-refractivity contribution >= 4 is 16.9 Å². The monoisotopic (exact) mass is 501 g/mol. The van der Waals surface area contributed by atoms with Gasteiger partial charge in [-0.2, -0.15) is 0 Å². The molecule has 0 saturated heterocycles. The summed E-state index contributed by atoms with van der Waals surface area (Å²) in [5, 5.41) is 3.05. The minimum Gasteiger partial charge on any atom is -0.497 e. The van der Waals surface area contributed by atoms with Gasteiger partial charge in [0.25, 0.3) is 5.91 Å². The summed E-state index contributed by atoms with van der Waals surface area (Å²) in [7, 11) is 1.65. The van der Waals surface area contributed by atoms with Gasteiger partial charge in [-0.15, -0.1) is 0 Å². The first-order valence-corrected chi connectivity index (χ1v) is 12.7. The van der Waals surface area contributed by atoms with Crippen molar-refractivity contribution in [1.82, 2.24) is 14.9 Å². The van der Waals surface area contributed by atoms with Gasteiger partial charge in [0.2, 0.25) is 0 Å². The highest BCUT2D eigenvalue weighted by molar-refractivity contribution is 5.79. The number of fused-ring (bicyclic) bond motifs is 1. The quantitative estimate of drug-likeness (QED) is 0.249. The van der Waals surface area contributed by atoms with Crippen molar-refractivity contribution in [2.45, 2.75) is 46.2 Å². The number of aryl methyl sites for hydroxylation is 3. The lowest BCUT2D eigenvalue weighted by atomic mass is 10.1. The minimum absolute atomic E-state index is 0.0441. The maximum absolute atomic E-state index is 12.7. The summed E-state index contributed by atoms with van der Waals surface area (Å²) in [5.41, 5.74) is 4.07. The molecule has 1 heterocycles. The molecule has 0 aliphatic rings. The Hall–Kier alpha value is -4.00. The largest absolute Gasteiger partial charge is 0.497 e. The summed E-state index contributed by atoms with van der Waals surface area (Å²) < 4.78 is 19.0. The van der Waals surface area contributed by atoms with Crippen LogP contribution in [-0.2, 0) is 11.3 Å². The van der Waals surface area contributed by atoms with Gasteiger partial charge in [-0.25, -0.2) is 4.98 Å². The number of imidazole rings is 1. The first-order valence-electron chi connectivity index (χ1n) is 12.7. The second-order valence-electron chi connectivity index (χ2n) is 9.19. The van der Waals surface area contributed by atoms with Crippen LogP contribution >= 0.6 is 0 Å². The fraction of sp³-hybridized carbons (Fsp3) is 0.333. The van der Waals surface area contributed by atoms with Crippen molar-refractivity contribution < 1.29 is 19.0 Å². The van der Waals surface area contributed by atoms with E-state index in [0.717, 1.165) is 64.6 Å². The van der Waals surface area contributed by atoms with Crippen LogP contribution in [0.2, 0.25) is 0 Å². The van der Waals surface area contributed by atoms with E-state index >= 15 is 0 Å². The number of unbranched alkanes of at least 4 members (excludes halogenated alkanes) is 1. The Balaban J connectivity index is 1.34. The SMILES string of the molecule is COc1ccc(OCCCCn2c(C(C)NC(=O)COc3cc(C)ccc3C)nc3ccccc32)cc1. The average Bonchev–Trinajstić information content (AvgIpc) is 3.28. The summed E-state index contributed by atoms with van der Waals surface area (Å²) in [6, 6.07) is 21.4. The van der Waals surface area contributed by atoms with Crippen molar-refractivity contribution in [2.75, 3.05) is 20.3 Å². The fourth-order valence-electron chi connectivity index (χ4n) is 4.25. The predicted octanol–water partition coefficient (Wildman–Crippen LogP) is 5.78. The third kappa shape index (κ3) is 6.82. The van der Waals surface area contributed by atoms with Crippen LogP contribution in [0.25, 0.3) is 11.0 Å². The molecule has 0 fully saturated rings. The normalized spacial score (nSPS) is 11.8. The van der Waals surface area contributed by atoms with E-state index in [9.17, 15) is 4.79 Å². The lowest BCUT2D eigenvalue weighted by molar-refractivity contribution is -0.123. The zero-order valence-electron chi connectivity index (χ0n) is 22.0. The molecule has 0 aliphatic carbocycles. The highest BCUT2D eigenvalue weighted by atomic mass is 16.5. The molecule has 0 spiro atoms. The zero-order chi connectivity index (χ0) is 26.2. The number of amides is 1. The Morgan fingerprint density at radius 3 is 2.51 bits per heavy atom. The van der Waals surface area contributed by atoms with Crippen LogP contribution in [0.5, 0.6) is 17.2 Å². The molecule has 0 saturated carbocycles. The van der Waals surface area contributed by atoms with E-state index in [2.05, 4.69) is 16.0 Å². The number of nitrogens with one attached hydrogen (secondary N) is 1. The molecule has 3 aromatic carbocycles. The van der Waals surface area contributed by atoms with E-state index in [1.807, 2.05) is 81.4 Å². The fourth-order valence-corrected chi connectivity index (χ4v) is 4.25. The Labute approximate surface area is 218 Å². The number of benzene rings is 3. The van der Waals surface area contributed by atoms with E-state index in [1.165, 1.54) is 0 Å². The average molecular weight is 502 g/mol. The number of para-hydroxylation sites is 2. The number of aromatic nitrogens is 2. The summed E-state index contributed by atoms with van der Waals surface area (Å²) in [6.07, 6.45) is 1.81. The summed E-state index contributed by atoms with van der Waals surface area (Å²) in [4.78, 5) is 17.5. The molecule has 4 rings (SSSR count). The molecule has 7 heteroatoms. The van der Waals surface area contributed by atoms with Crippen molar-refractivity contribution in [3.63, 3.8) is 0 Å². The van der Waals surface area contributed by atoms with Crippen LogP contribution in [-0.4, -0.2) is 35.8 Å². The highest BCUT2D eigenvalue weighted by Gasteiger charge is 2.18. The maximum Gasteiger partial charge on any atom is 0.258 e. The summed E-state index contributed by atoms with van der Waals surface area (Å²) >= 11 is 0. The van der Waals surface area contributed by atoms with Crippen LogP contribution in [0.3, 0.4) is 0 Å². The molecule has 1 amide bonds. The molecule has 1 atom stereocenters. The molecule has 0 aliphatic heterocycles. The van der Waals surface area contributed by atoms with Gasteiger partial charge in [-0.3, -0.25) is 4.79 Å². The van der Waals surface area contributed by atoms with Gasteiger partial charge in [-0.1, -0.05) is 24.3 Å². The molecule has 0 bridgehead atoms. The number of ether oxygens (including phenoxy) is 3. The first kappa shape index (κ1) is 26.1. The Morgan fingerprint density at radius 1 is 0.973 bits per heavy atom. The van der Waals surface area contributed by atoms with Crippen molar-refractivity contribution in [3.05, 3.63) is 83.7 Å². The maximum atomic E-state index is 12.7. The third-order valence-corrected chi connectivity index (χ3v) is 6.26. The number of nitrogens with zero attached hydrogens (tertiary/aromatic N) is 2. The van der Waals surface area contributed by atoms with E-state index in [0.29, 0.717) is 6.61 Å². The Morgan fingerprint density at radius 2 is 1.73 bits per heavy atom. The molecular formula is C30H35N3O4. The zero-order valence-corrected chi connectivity index (χ0v) is 22.0. The van der Waals surface area contributed by atoms with Crippen LogP contribution in [0.4, 0.5) is 0 Å². The second kappa shape index (κ2) is 12.3. The molecule has 0 radical (unpaired) electrons. The summed E-state index contributed by atoms with van der Waals surface area (Å²) in [5.74, 6) is 3.02. The summed E-state index contributed by atoms with van der Waals surface area (Å²) in [6.45, 7) is 7.29. The first-order chi connectivity index (χ1) is 17.9. The van der Waals surface area contributed by atoms with Gasteiger partial charge in [0.15, 0.2) is 6.61 Å². The van der Waals surface area contributed by atoms with E-state index < -0.39 is 0 Å². The van der Waals surface area contributed by atoms with Crippen molar-refractivity contribution in [3.8, 4) is 17.2 Å². The van der Waals surface area contributed by atoms with Crippen molar-refractivity contribution in [1.29, 1.82) is 0 Å². The molecule has 1 unspecified atom stereocenters. The lowest BCUT2D eigenvalue weighted by Crippen LogP contribution is -2.32. The minimum atomic E-state index is -0.266. The van der Waals surface area contributed by atoms with Gasteiger partial charge in [-0.05, 0) is 87.2 Å². The molecule has 194 valence electrons. The topological polar surface area (TPSA) is 74.6 Å². The van der Waals surface area contributed by atoms with Crippen LogP contribution < -0.4 is 19.5 Å². The molecule has 4 aromatic rings. The standard InChI is InChI=1S/C30H35N3O4/c1-21-11-12-22(2)28(19-21)37-20-29(34)31-23(3)30-32-26-9-5-6-10-27(26)33(30)17-7-8-18-36-25-15-13-24(35-4)14-16-25/h5-6,9-16,19,23H,7-8,17-18,20H2,1-4H3,(H,31,34). The Kier molecular flexibility index (Phi) is 8.67. The second-order valence-corrected chi connectivity index (χ2v) is 9.19. The number of hydrogen-bond acceptors (Lipinski definition) is 5. The van der Waals surface area contributed by atoms with Crippen LogP contribution in [0.15, 0.2) is 66.7 Å². The van der Waals surface area contributed by atoms with E-state index in [1.54, 1.807) is 7.11 Å². The lowest BCUT2D eigenvalue weighted by Gasteiger charge is -2.17. The molecule has 1 N–H and O–H groups in total. The predicted molar refractivity (Wildman–Crippen MR) is 145 cm³/mol. The van der Waals surface area contributed by atoms with E-state index in [-0.39, 0.29) is 18.6 Å². The van der Waals surface area contributed by atoms with Gasteiger partial charge in [0.1, 0.15) is 23.1 Å². The molecule has 7 nitrogen and oxygen atoms in total. The molecule has 1 aromatic heterocycles. The number of rotatable bonds is 12. The van der Waals surface area contributed by atoms with Gasteiger partial charge >= 0.3 is 0 Å². The highest BCUT2D eigenvalue weighted by Crippen LogP contribution is 2.23. The number of carbonyl (C=O) groups excluding carboxylic acids is 1. The van der Waals surface area contributed by atoms with Crippen LogP contribution in [0.1, 0.15) is 42.8 Å². The van der Waals surface area contributed by atoms with Gasteiger partial charge < -0.3 is 24.1 Å². The van der Waals surface area contributed by atoms with E-state index in [4.69, 9.17) is 19.2 Å². The smallest absolute Gasteiger partial charge is 0.258 e. The molecule has 37 heavy (non-hydrogen) atoms. The third-order valence-electron chi connectivity index (χ3n) is 6.26. The molecular weight excluding hydrogens is 466 g/mol. The number of carbonyl (C=O) groups is 1. The van der Waals surface area contributed by atoms with Gasteiger partial charge in [0.05, 0.1) is 30.8 Å². The van der Waals surface area contributed by atoms with Gasteiger partial charge in [0, 0.05) is 6.54 Å². The van der Waals surface area contributed by atoms with Crippen molar-refractivity contribution in [2.24, 2.45) is 0 Å². The Bertz CT molecular complexity index is 1330. The number of methoxy groups -OCH3 is 1.